The molecule has 0 bridgehead atoms. The van der Waals surface area contributed by atoms with Crippen molar-refractivity contribution >= 4 is 18.2 Å². The maximum absolute atomic E-state index is 12.3. The van der Waals surface area contributed by atoms with Crippen LogP contribution in [0.25, 0.3) is 0 Å². The summed E-state index contributed by atoms with van der Waals surface area (Å²) in [4.78, 5) is 0.276. The topological polar surface area (TPSA) is 61.8 Å². The van der Waals surface area contributed by atoms with E-state index in [9.17, 15) is 8.42 Å². The Morgan fingerprint density at radius 3 is 2.36 bits per heavy atom. The molecule has 0 atom stereocenters. The van der Waals surface area contributed by atoms with Crippen molar-refractivity contribution in [3.05, 3.63) is 36.0 Å². The molecule has 0 radical (unpaired) electrons. The van der Waals surface area contributed by atoms with Crippen LogP contribution in [0, 0.1) is 0 Å². The quantitative estimate of drug-likeness (QED) is 0.509. The zero-order chi connectivity index (χ0) is 16.6. The summed E-state index contributed by atoms with van der Waals surface area (Å²) in [7, 11) is -3.72. The summed E-state index contributed by atoms with van der Waals surface area (Å²) in [5, 5.41) is 0. The minimum Gasteiger partial charge on any atom is -0.468 e. The number of sulfone groups is 1. The molecule has 0 aliphatic heterocycles. The van der Waals surface area contributed by atoms with Gasteiger partial charge in [-0.05, 0) is 44.3 Å². The Morgan fingerprint density at radius 1 is 1.18 bits per heavy atom. The van der Waals surface area contributed by atoms with Gasteiger partial charge in [-0.3, -0.25) is 0 Å². The van der Waals surface area contributed by atoms with Gasteiger partial charge in [-0.15, -0.1) is 0 Å². The molecule has 0 amide bonds. The fourth-order valence-electron chi connectivity index (χ4n) is 1.85. The normalized spacial score (nSPS) is 12.7. The van der Waals surface area contributed by atoms with Gasteiger partial charge in [0.1, 0.15) is 5.75 Å². The van der Waals surface area contributed by atoms with Gasteiger partial charge >= 0.3 is 0 Å². The molecule has 0 aromatic heterocycles. The Balaban J connectivity index is 2.72. The SMILES string of the molecule is CCO[Si](C)(C)/C=C/CS(=O)(=O)c1ccc(OCOC)cc1. The lowest BCUT2D eigenvalue weighted by molar-refractivity contribution is 0.0511. The summed E-state index contributed by atoms with van der Waals surface area (Å²) in [6.07, 6.45) is 1.69. The van der Waals surface area contributed by atoms with Gasteiger partial charge in [0.15, 0.2) is 16.6 Å². The Labute approximate surface area is 133 Å². The second-order valence-corrected chi connectivity index (χ2v) is 11.1. The van der Waals surface area contributed by atoms with Crippen molar-refractivity contribution in [2.24, 2.45) is 0 Å². The highest BCUT2D eigenvalue weighted by Crippen LogP contribution is 2.17. The first kappa shape index (κ1) is 18.9. The maximum Gasteiger partial charge on any atom is 0.210 e. The van der Waals surface area contributed by atoms with Crippen LogP contribution < -0.4 is 4.74 Å². The van der Waals surface area contributed by atoms with Crippen LogP contribution in [0.5, 0.6) is 5.75 Å². The average Bonchev–Trinajstić information content (AvgIpc) is 2.45. The molecule has 0 saturated carbocycles. The summed E-state index contributed by atoms with van der Waals surface area (Å²) in [6, 6.07) is 6.32. The van der Waals surface area contributed by atoms with Crippen molar-refractivity contribution in [2.45, 2.75) is 24.9 Å². The van der Waals surface area contributed by atoms with E-state index in [2.05, 4.69) is 0 Å². The van der Waals surface area contributed by atoms with E-state index in [1.165, 1.54) is 7.11 Å². The molecule has 0 N–H and O–H groups in total. The molecule has 1 aromatic carbocycles. The van der Waals surface area contributed by atoms with E-state index in [1.54, 1.807) is 30.3 Å². The Hall–Kier alpha value is -1.15. The average molecular weight is 345 g/mol. The number of ether oxygens (including phenoxy) is 2. The molecule has 0 aliphatic rings. The van der Waals surface area contributed by atoms with Crippen LogP contribution in [-0.2, 0) is 19.0 Å². The Bertz CT molecular complexity index is 578. The van der Waals surface area contributed by atoms with Crippen LogP contribution >= 0.6 is 0 Å². The highest BCUT2D eigenvalue weighted by atomic mass is 32.2. The third-order valence-corrected chi connectivity index (χ3v) is 6.57. The second-order valence-electron chi connectivity index (χ2n) is 5.24. The van der Waals surface area contributed by atoms with Crippen molar-refractivity contribution < 1.29 is 22.3 Å². The number of methoxy groups -OCH3 is 1. The zero-order valence-corrected chi connectivity index (χ0v) is 15.4. The first-order valence-electron chi connectivity index (χ1n) is 7.07. The molecule has 0 fully saturated rings. The molecule has 0 saturated heterocycles. The van der Waals surface area contributed by atoms with Crippen LogP contribution in [0.2, 0.25) is 13.1 Å². The predicted molar refractivity (Wildman–Crippen MR) is 89.2 cm³/mol. The van der Waals surface area contributed by atoms with Gasteiger partial charge in [0, 0.05) is 13.7 Å². The summed E-state index contributed by atoms with van der Waals surface area (Å²) in [6.45, 7) is 6.76. The van der Waals surface area contributed by atoms with Crippen molar-refractivity contribution in [1.82, 2.24) is 0 Å². The van der Waals surface area contributed by atoms with Gasteiger partial charge < -0.3 is 13.9 Å². The standard InChI is InChI=1S/C15H24O5SSi/c1-5-20-22(3,4)12-6-11-21(16,17)15-9-7-14(8-10-15)19-13-18-2/h6-10,12H,5,11,13H2,1-4H3/b12-6+. The first-order valence-corrected chi connectivity index (χ1v) is 11.7. The van der Waals surface area contributed by atoms with Gasteiger partial charge in [-0.25, -0.2) is 8.42 Å². The van der Waals surface area contributed by atoms with Gasteiger partial charge in [0.05, 0.1) is 10.6 Å². The molecule has 1 rings (SSSR count). The number of rotatable bonds is 9. The number of hydrogen-bond donors (Lipinski definition) is 0. The highest BCUT2D eigenvalue weighted by molar-refractivity contribution is 7.91. The van der Waals surface area contributed by atoms with Gasteiger partial charge in [0.2, 0.25) is 8.32 Å². The maximum atomic E-state index is 12.3. The summed E-state index contributed by atoms with van der Waals surface area (Å²) in [5.74, 6) is 0.538. The fourth-order valence-corrected chi connectivity index (χ4v) is 4.63. The number of hydrogen-bond acceptors (Lipinski definition) is 5. The predicted octanol–water partition coefficient (Wildman–Crippen LogP) is 2.78. The lowest BCUT2D eigenvalue weighted by Gasteiger charge is -2.16. The minimum atomic E-state index is -3.34. The molecule has 1 aromatic rings. The molecule has 0 aliphatic carbocycles. The molecule has 7 heteroatoms. The summed E-state index contributed by atoms with van der Waals surface area (Å²) >= 11 is 0. The summed E-state index contributed by atoms with van der Waals surface area (Å²) < 4.78 is 40.2. The van der Waals surface area contributed by atoms with Gasteiger partial charge in [0.25, 0.3) is 0 Å². The van der Waals surface area contributed by atoms with Crippen LogP contribution in [0.15, 0.2) is 40.9 Å². The molecular weight excluding hydrogens is 320 g/mol. The van der Waals surface area contributed by atoms with Crippen molar-refractivity contribution in [2.75, 3.05) is 26.3 Å². The first-order chi connectivity index (χ1) is 10.3. The molecule has 124 valence electrons. The van der Waals surface area contributed by atoms with Crippen molar-refractivity contribution in [1.29, 1.82) is 0 Å². The van der Waals surface area contributed by atoms with E-state index in [-0.39, 0.29) is 17.4 Å². The van der Waals surface area contributed by atoms with Gasteiger partial charge in [-0.2, -0.15) is 0 Å². The van der Waals surface area contributed by atoms with E-state index in [0.29, 0.717) is 12.4 Å². The number of benzene rings is 1. The second kappa shape index (κ2) is 8.47. The van der Waals surface area contributed by atoms with Crippen molar-refractivity contribution in [3.8, 4) is 5.75 Å². The molecule has 0 spiro atoms. The lowest BCUT2D eigenvalue weighted by atomic mass is 10.3. The molecule has 5 nitrogen and oxygen atoms in total. The molecular formula is C15H24O5SSi. The lowest BCUT2D eigenvalue weighted by Crippen LogP contribution is -2.28. The third kappa shape index (κ3) is 6.31. The molecule has 0 heterocycles. The van der Waals surface area contributed by atoms with E-state index in [1.807, 2.05) is 25.7 Å². The largest absolute Gasteiger partial charge is 0.468 e. The smallest absolute Gasteiger partial charge is 0.210 e. The highest BCUT2D eigenvalue weighted by Gasteiger charge is 2.18. The Morgan fingerprint density at radius 2 is 1.82 bits per heavy atom. The van der Waals surface area contributed by atoms with Crippen LogP contribution in [0.4, 0.5) is 0 Å². The fraction of sp³-hybridized carbons (Fsp3) is 0.467. The van der Waals surface area contributed by atoms with E-state index in [4.69, 9.17) is 13.9 Å². The van der Waals surface area contributed by atoms with Gasteiger partial charge in [-0.1, -0.05) is 11.8 Å². The third-order valence-electron chi connectivity index (χ3n) is 2.88. The van der Waals surface area contributed by atoms with Crippen LogP contribution in [-0.4, -0.2) is 43.0 Å². The summed E-state index contributed by atoms with van der Waals surface area (Å²) in [5.41, 5.74) is 1.91. The van der Waals surface area contributed by atoms with E-state index < -0.39 is 18.2 Å². The van der Waals surface area contributed by atoms with Crippen molar-refractivity contribution in [3.63, 3.8) is 0 Å². The minimum absolute atomic E-state index is 0.0330. The van der Waals surface area contributed by atoms with E-state index in [0.717, 1.165) is 0 Å². The molecule has 0 unspecified atom stereocenters. The molecule has 22 heavy (non-hydrogen) atoms. The van der Waals surface area contributed by atoms with Crippen LogP contribution in [0.1, 0.15) is 6.92 Å². The van der Waals surface area contributed by atoms with Crippen LogP contribution in [0.3, 0.4) is 0 Å². The zero-order valence-electron chi connectivity index (χ0n) is 13.5. The monoisotopic (exact) mass is 344 g/mol. The Kier molecular flexibility index (Phi) is 7.28. The van der Waals surface area contributed by atoms with E-state index >= 15 is 0 Å².